The normalized spacial score (nSPS) is 9.22. The van der Waals surface area contributed by atoms with Crippen LogP contribution in [0.3, 0.4) is 0 Å². The first-order valence-electron chi connectivity index (χ1n) is 4.29. The summed E-state index contributed by atoms with van der Waals surface area (Å²) in [7, 11) is -2.86. The van der Waals surface area contributed by atoms with E-state index in [0.717, 1.165) is 5.39 Å². The Bertz CT molecular complexity index is 606. The number of phenols is 1. The van der Waals surface area contributed by atoms with Crippen LogP contribution in [0.2, 0.25) is 0 Å². The van der Waals surface area contributed by atoms with Crippen molar-refractivity contribution in [2.24, 2.45) is 5.18 Å². The van der Waals surface area contributed by atoms with Gasteiger partial charge in [-0.15, -0.1) is 16.4 Å². The predicted molar refractivity (Wildman–Crippen MR) is 61.3 cm³/mol. The van der Waals surface area contributed by atoms with Crippen LogP contribution in [0, 0.1) is 11.0 Å². The van der Waals surface area contributed by atoms with Gasteiger partial charge in [-0.05, 0) is 11.2 Å². The molecule has 0 saturated heterocycles. The second kappa shape index (κ2) is 7.76. The summed E-state index contributed by atoms with van der Waals surface area (Å²) in [6.45, 7) is 0. The molecule has 0 saturated carbocycles. The minimum Gasteiger partial charge on any atom is -0.506 e. The van der Waals surface area contributed by atoms with Crippen molar-refractivity contribution in [3.05, 3.63) is 41.3 Å². The number of phenolic OH excluding ortho intramolecular Hbond substituents is 1. The maximum atomic E-state index is 10.4. The zero-order valence-electron chi connectivity index (χ0n) is 8.68. The fourth-order valence-electron chi connectivity index (χ4n) is 1.28. The van der Waals surface area contributed by atoms with Crippen LogP contribution in [0.5, 0.6) is 5.75 Å². The van der Waals surface area contributed by atoms with E-state index in [9.17, 15) is 10.0 Å². The van der Waals surface area contributed by atoms with E-state index in [2.05, 4.69) is 11.2 Å². The molecule has 8 heteroatoms. The van der Waals surface area contributed by atoms with Crippen molar-refractivity contribution in [1.82, 2.24) is 0 Å². The van der Waals surface area contributed by atoms with Crippen LogP contribution < -0.4 is 0 Å². The summed E-state index contributed by atoms with van der Waals surface area (Å²) in [6, 6.07) is 11.2. The van der Waals surface area contributed by atoms with Gasteiger partial charge in [0.1, 0.15) is 11.4 Å². The van der Waals surface area contributed by atoms with Gasteiger partial charge in [-0.25, -0.2) is 0 Å². The third kappa shape index (κ3) is 4.40. The van der Waals surface area contributed by atoms with Gasteiger partial charge in [0, 0.05) is 11.0 Å². The molecule has 0 bridgehead atoms. The molecule has 0 atom stereocenters. The number of benzene rings is 2. The van der Waals surface area contributed by atoms with E-state index in [0.29, 0.717) is 5.39 Å². The Balaban J connectivity index is 0.000000512. The van der Waals surface area contributed by atoms with Crippen LogP contribution in [-0.2, 0) is 35.9 Å². The standard InChI is InChI=1S/C10H6NO2.Ni.HO3S/c12-9-6-5-7-3-1-2-4-8(7)10(9)11-13;;1-4(2)3/h2-6,12H;;(H,1,2,3)/q-1;+2;-1. The van der Waals surface area contributed by atoms with Crippen molar-refractivity contribution in [2.75, 3.05) is 0 Å². The number of rotatable bonds is 1. The molecule has 0 aliphatic rings. The first-order valence-corrected chi connectivity index (χ1v) is 5.33. The van der Waals surface area contributed by atoms with Gasteiger partial charge in [-0.3, -0.25) is 0 Å². The molecule has 0 spiro atoms. The average Bonchev–Trinajstić information content (AvgIpc) is 2.28. The quantitative estimate of drug-likeness (QED) is 0.210. The summed E-state index contributed by atoms with van der Waals surface area (Å²) >= 11 is 0. The van der Waals surface area contributed by atoms with Crippen LogP contribution in [0.15, 0.2) is 35.5 Å². The zero-order chi connectivity index (χ0) is 12.8. The summed E-state index contributed by atoms with van der Waals surface area (Å²) in [5.41, 5.74) is 0.0894. The molecule has 0 fully saturated rings. The van der Waals surface area contributed by atoms with Gasteiger partial charge >= 0.3 is 16.5 Å². The number of aromatic hydroxyl groups is 1. The Morgan fingerprint density at radius 2 is 1.83 bits per heavy atom. The maximum absolute atomic E-state index is 10.4. The number of nitroso groups, excluding NO2 is 1. The minimum atomic E-state index is -2.86. The molecule has 2 aromatic carbocycles. The monoisotopic (exact) mass is 311 g/mol. The van der Waals surface area contributed by atoms with Gasteiger partial charge in [0.25, 0.3) is 0 Å². The summed E-state index contributed by atoms with van der Waals surface area (Å²) in [4.78, 5) is 10.4. The third-order valence-electron chi connectivity index (χ3n) is 1.91. The molecule has 0 aliphatic carbocycles. The van der Waals surface area contributed by atoms with Crippen molar-refractivity contribution < 1.29 is 34.6 Å². The first kappa shape index (κ1) is 16.5. The fraction of sp³-hybridized carbons (Fsp3) is 0. The summed E-state index contributed by atoms with van der Waals surface area (Å²) in [5.74, 6) is -0.0892. The number of nitrogens with zero attached hydrogens (tertiary/aromatic N) is 1. The topological polar surface area (TPSA) is 104 Å². The predicted octanol–water partition coefficient (Wildman–Crippen LogP) is 2.51. The van der Waals surface area contributed by atoms with Crippen LogP contribution in [0.25, 0.3) is 10.8 Å². The SMILES string of the molecule is O=Nc1c(O)ccc2c[c-]ccc12.O=[S-](=O)O.[Ni+2]. The molecule has 98 valence electrons. The van der Waals surface area contributed by atoms with Crippen LogP contribution >= 0.6 is 0 Å². The molecule has 18 heavy (non-hydrogen) atoms. The molecule has 0 unspecified atom stereocenters. The molecular weight excluding hydrogens is 305 g/mol. The molecule has 0 heterocycles. The van der Waals surface area contributed by atoms with E-state index in [4.69, 9.17) is 13.0 Å². The summed E-state index contributed by atoms with van der Waals surface area (Å²) < 4.78 is 24.1. The zero-order valence-corrected chi connectivity index (χ0v) is 10.5. The molecule has 2 rings (SSSR count). The van der Waals surface area contributed by atoms with E-state index < -0.39 is 11.0 Å². The third-order valence-corrected chi connectivity index (χ3v) is 1.91. The van der Waals surface area contributed by atoms with Crippen LogP contribution in [-0.4, -0.2) is 9.66 Å². The van der Waals surface area contributed by atoms with Gasteiger partial charge in [0.2, 0.25) is 0 Å². The fourth-order valence-corrected chi connectivity index (χ4v) is 1.28. The van der Waals surface area contributed by atoms with Crippen molar-refractivity contribution in [3.8, 4) is 5.75 Å². The average molecular weight is 312 g/mol. The Kier molecular flexibility index (Phi) is 7.11. The van der Waals surface area contributed by atoms with E-state index in [1.54, 1.807) is 24.3 Å². The Morgan fingerprint density at radius 1 is 1.22 bits per heavy atom. The van der Waals surface area contributed by atoms with Crippen molar-refractivity contribution >= 4 is 27.4 Å². The Labute approximate surface area is 114 Å². The summed E-state index contributed by atoms with van der Waals surface area (Å²) in [6.07, 6.45) is 0. The molecule has 2 N–H and O–H groups in total. The minimum absolute atomic E-state index is 0. The van der Waals surface area contributed by atoms with Crippen LogP contribution in [0.4, 0.5) is 5.69 Å². The van der Waals surface area contributed by atoms with E-state index in [1.165, 1.54) is 6.07 Å². The summed E-state index contributed by atoms with van der Waals surface area (Å²) in [5, 5.41) is 13.6. The smallest absolute Gasteiger partial charge is 0.506 e. The van der Waals surface area contributed by atoms with E-state index >= 15 is 0 Å². The Hall–Kier alpha value is -1.50. The number of fused-ring (bicyclic) bond motifs is 1. The molecule has 0 aliphatic heterocycles. The number of hydrogen-bond acceptors (Lipinski definition) is 6. The van der Waals surface area contributed by atoms with E-state index in [1.807, 2.05) is 0 Å². The first-order chi connectivity index (χ1) is 8.06. The van der Waals surface area contributed by atoms with Crippen LogP contribution in [0.1, 0.15) is 0 Å². The second-order valence-corrected chi connectivity index (χ2v) is 3.32. The van der Waals surface area contributed by atoms with Gasteiger partial charge in [0.05, 0.1) is 0 Å². The molecule has 0 radical (unpaired) electrons. The van der Waals surface area contributed by atoms with Gasteiger partial charge in [-0.1, -0.05) is 5.39 Å². The molecule has 0 aromatic heterocycles. The number of hydrogen-bond donors (Lipinski definition) is 2. The van der Waals surface area contributed by atoms with Gasteiger partial charge in [0.15, 0.2) is 0 Å². The van der Waals surface area contributed by atoms with Gasteiger partial charge in [-0.2, -0.15) is 24.3 Å². The van der Waals surface area contributed by atoms with Crippen molar-refractivity contribution in [2.45, 2.75) is 0 Å². The van der Waals surface area contributed by atoms with Gasteiger partial charge < -0.3 is 18.1 Å². The molecule has 6 nitrogen and oxygen atoms in total. The maximum Gasteiger partial charge on any atom is 2.00 e. The molecular formula is C10H7NNiO5S. The molecule has 2 aromatic rings. The molecule has 0 amide bonds. The van der Waals surface area contributed by atoms with Crippen molar-refractivity contribution in [1.29, 1.82) is 0 Å². The van der Waals surface area contributed by atoms with Crippen molar-refractivity contribution in [3.63, 3.8) is 0 Å². The Morgan fingerprint density at radius 3 is 2.39 bits per heavy atom. The van der Waals surface area contributed by atoms with E-state index in [-0.39, 0.29) is 27.9 Å². The second-order valence-electron chi connectivity index (χ2n) is 2.89. The largest absolute Gasteiger partial charge is 2.00 e.